The van der Waals surface area contributed by atoms with Gasteiger partial charge in [-0.2, -0.15) is 0 Å². The number of nitrogens with one attached hydrogen (secondary N) is 1. The molecule has 0 fully saturated rings. The number of fused-ring (bicyclic) bond motifs is 1. The van der Waals surface area contributed by atoms with E-state index < -0.39 is 10.0 Å². The monoisotopic (exact) mass is 376 g/mol. The van der Waals surface area contributed by atoms with Crippen molar-refractivity contribution in [2.45, 2.75) is 38.1 Å². The molecule has 1 atom stereocenters. The molecule has 0 bridgehead atoms. The lowest BCUT2D eigenvalue weighted by atomic mass is 9.98. The zero-order chi connectivity index (χ0) is 18.6. The van der Waals surface area contributed by atoms with Crippen molar-refractivity contribution >= 4 is 10.0 Å². The number of hydrogen-bond acceptors (Lipinski definition) is 3. The summed E-state index contributed by atoms with van der Waals surface area (Å²) in [5, 5.41) is 0. The first-order valence-corrected chi connectivity index (χ1v) is 10.6. The highest BCUT2D eigenvalue weighted by Gasteiger charge is 2.23. The molecule has 1 aliphatic rings. The van der Waals surface area contributed by atoms with Gasteiger partial charge in [-0.05, 0) is 41.7 Å². The van der Waals surface area contributed by atoms with Crippen molar-refractivity contribution in [2.24, 2.45) is 0 Å². The van der Waals surface area contributed by atoms with E-state index in [1.807, 2.05) is 0 Å². The maximum atomic E-state index is 13.0. The van der Waals surface area contributed by atoms with Gasteiger partial charge in [-0.25, -0.2) is 17.5 Å². The average Bonchev–Trinajstić information content (AvgIpc) is 2.64. The zero-order valence-electron chi connectivity index (χ0n) is 15.0. The van der Waals surface area contributed by atoms with E-state index in [9.17, 15) is 12.8 Å². The topological polar surface area (TPSA) is 49.4 Å². The molecule has 0 aromatic heterocycles. The van der Waals surface area contributed by atoms with E-state index in [0.29, 0.717) is 12.1 Å². The minimum absolute atomic E-state index is 0.132. The lowest BCUT2D eigenvalue weighted by Gasteiger charge is -2.35. The summed E-state index contributed by atoms with van der Waals surface area (Å²) in [6, 6.07) is 14.2. The van der Waals surface area contributed by atoms with Crippen LogP contribution in [0.2, 0.25) is 0 Å². The Bertz CT molecular complexity index is 837. The number of benzene rings is 2. The van der Waals surface area contributed by atoms with E-state index in [1.165, 1.54) is 35.4 Å². The van der Waals surface area contributed by atoms with Gasteiger partial charge in [0.25, 0.3) is 0 Å². The summed E-state index contributed by atoms with van der Waals surface area (Å²) in [5.41, 5.74) is 3.29. The molecule has 2 aromatic carbocycles. The van der Waals surface area contributed by atoms with Gasteiger partial charge >= 0.3 is 0 Å². The molecule has 1 unspecified atom stereocenters. The minimum Gasteiger partial charge on any atom is -0.295 e. The fourth-order valence-corrected chi connectivity index (χ4v) is 4.61. The molecule has 0 radical (unpaired) electrons. The summed E-state index contributed by atoms with van der Waals surface area (Å²) in [6.45, 7) is 4.27. The first-order valence-electron chi connectivity index (χ1n) is 8.99. The molecule has 140 valence electrons. The van der Waals surface area contributed by atoms with Crippen molar-refractivity contribution in [2.75, 3.05) is 13.1 Å². The highest BCUT2D eigenvalue weighted by molar-refractivity contribution is 7.88. The maximum Gasteiger partial charge on any atom is 0.215 e. The van der Waals surface area contributed by atoms with Crippen LogP contribution in [0.4, 0.5) is 4.39 Å². The Labute approximate surface area is 155 Å². The molecule has 6 heteroatoms. The first-order chi connectivity index (χ1) is 12.5. The lowest BCUT2D eigenvalue weighted by molar-refractivity contribution is 0.175. The van der Waals surface area contributed by atoms with E-state index in [-0.39, 0.29) is 17.6 Å². The van der Waals surface area contributed by atoms with Gasteiger partial charge in [0.1, 0.15) is 5.82 Å². The standard InChI is InChI=1S/C20H25FN2O2S/c1-2-20(23-12-11-17-5-3-4-6-18(17)14-23)13-22-26(24,25)15-16-7-9-19(21)10-8-16/h3-10,20,22H,2,11-15H2,1H3. The van der Waals surface area contributed by atoms with Gasteiger partial charge < -0.3 is 0 Å². The Hall–Kier alpha value is -1.76. The van der Waals surface area contributed by atoms with Gasteiger partial charge in [0.05, 0.1) is 5.75 Å². The third-order valence-corrected chi connectivity index (χ3v) is 6.28. The summed E-state index contributed by atoms with van der Waals surface area (Å²) < 4.78 is 40.4. The molecule has 0 saturated carbocycles. The lowest BCUT2D eigenvalue weighted by Crippen LogP contribution is -2.45. The van der Waals surface area contributed by atoms with E-state index in [1.54, 1.807) is 0 Å². The quantitative estimate of drug-likeness (QED) is 0.808. The molecule has 1 aliphatic heterocycles. The average molecular weight is 376 g/mol. The van der Waals surface area contributed by atoms with Crippen LogP contribution in [0.5, 0.6) is 0 Å². The molecule has 3 rings (SSSR count). The van der Waals surface area contributed by atoms with Gasteiger partial charge in [0.15, 0.2) is 0 Å². The van der Waals surface area contributed by atoms with Crippen LogP contribution in [0.15, 0.2) is 48.5 Å². The van der Waals surface area contributed by atoms with Crippen LogP contribution in [0.25, 0.3) is 0 Å². The molecule has 1 heterocycles. The highest BCUT2D eigenvalue weighted by Crippen LogP contribution is 2.21. The summed E-state index contributed by atoms with van der Waals surface area (Å²) in [6.07, 6.45) is 1.87. The Balaban J connectivity index is 1.59. The van der Waals surface area contributed by atoms with Gasteiger partial charge in [-0.15, -0.1) is 0 Å². The van der Waals surface area contributed by atoms with Crippen LogP contribution in [-0.2, 0) is 28.7 Å². The highest BCUT2D eigenvalue weighted by atomic mass is 32.2. The zero-order valence-corrected chi connectivity index (χ0v) is 15.8. The van der Waals surface area contributed by atoms with Crippen molar-refractivity contribution in [3.8, 4) is 0 Å². The van der Waals surface area contributed by atoms with Crippen molar-refractivity contribution < 1.29 is 12.8 Å². The predicted molar refractivity (Wildman–Crippen MR) is 102 cm³/mol. The second kappa shape index (κ2) is 8.29. The number of hydrogen-bond donors (Lipinski definition) is 1. The molecular formula is C20H25FN2O2S. The Morgan fingerprint density at radius 3 is 2.50 bits per heavy atom. The smallest absolute Gasteiger partial charge is 0.215 e. The van der Waals surface area contributed by atoms with Crippen molar-refractivity contribution in [3.63, 3.8) is 0 Å². The minimum atomic E-state index is -3.45. The predicted octanol–water partition coefficient (Wildman–Crippen LogP) is 3.08. The van der Waals surface area contributed by atoms with Crippen LogP contribution >= 0.6 is 0 Å². The van der Waals surface area contributed by atoms with Gasteiger partial charge in [0.2, 0.25) is 10.0 Å². The van der Waals surface area contributed by atoms with E-state index >= 15 is 0 Å². The molecular weight excluding hydrogens is 351 g/mol. The number of rotatable bonds is 7. The Morgan fingerprint density at radius 2 is 1.81 bits per heavy atom. The van der Waals surface area contributed by atoms with E-state index in [0.717, 1.165) is 25.9 Å². The normalized spacial score (nSPS) is 16.2. The van der Waals surface area contributed by atoms with Crippen LogP contribution < -0.4 is 4.72 Å². The van der Waals surface area contributed by atoms with Gasteiger partial charge in [-0.3, -0.25) is 4.90 Å². The van der Waals surface area contributed by atoms with Crippen molar-refractivity contribution in [1.82, 2.24) is 9.62 Å². The second-order valence-corrected chi connectivity index (χ2v) is 8.59. The van der Waals surface area contributed by atoms with Crippen LogP contribution in [-0.4, -0.2) is 32.4 Å². The van der Waals surface area contributed by atoms with Gasteiger partial charge in [0, 0.05) is 25.7 Å². The number of sulfonamides is 1. The number of halogens is 1. The van der Waals surface area contributed by atoms with Crippen molar-refractivity contribution in [3.05, 3.63) is 71.0 Å². The molecule has 0 amide bonds. The maximum absolute atomic E-state index is 13.0. The fourth-order valence-electron chi connectivity index (χ4n) is 3.44. The largest absolute Gasteiger partial charge is 0.295 e. The summed E-state index contributed by atoms with van der Waals surface area (Å²) in [4.78, 5) is 2.35. The molecule has 1 N–H and O–H groups in total. The van der Waals surface area contributed by atoms with Crippen molar-refractivity contribution in [1.29, 1.82) is 0 Å². The summed E-state index contributed by atoms with van der Waals surface area (Å²) >= 11 is 0. The molecule has 0 spiro atoms. The molecule has 26 heavy (non-hydrogen) atoms. The SMILES string of the molecule is CCC(CNS(=O)(=O)Cc1ccc(F)cc1)N1CCc2ccccc2C1. The van der Waals surface area contributed by atoms with E-state index in [4.69, 9.17) is 0 Å². The van der Waals surface area contributed by atoms with Crippen LogP contribution in [0, 0.1) is 5.82 Å². The number of nitrogens with zero attached hydrogens (tertiary/aromatic N) is 1. The summed E-state index contributed by atoms with van der Waals surface area (Å²) in [5.74, 6) is -0.498. The van der Waals surface area contributed by atoms with Crippen LogP contribution in [0.1, 0.15) is 30.0 Å². The summed E-state index contributed by atoms with van der Waals surface area (Å²) in [7, 11) is -3.45. The molecule has 0 aliphatic carbocycles. The first kappa shape index (κ1) is 19.0. The Morgan fingerprint density at radius 1 is 1.12 bits per heavy atom. The van der Waals surface area contributed by atoms with Crippen LogP contribution in [0.3, 0.4) is 0 Å². The Kier molecular flexibility index (Phi) is 6.06. The molecule has 2 aromatic rings. The second-order valence-electron chi connectivity index (χ2n) is 6.79. The van der Waals surface area contributed by atoms with Gasteiger partial charge in [-0.1, -0.05) is 43.3 Å². The molecule has 0 saturated heterocycles. The fraction of sp³-hybridized carbons (Fsp3) is 0.400. The third kappa shape index (κ3) is 4.90. The van der Waals surface area contributed by atoms with E-state index in [2.05, 4.69) is 40.8 Å². The molecule has 4 nitrogen and oxygen atoms in total. The third-order valence-electron chi connectivity index (χ3n) is 4.96.